The van der Waals surface area contributed by atoms with E-state index in [9.17, 15) is 4.79 Å². The lowest BCUT2D eigenvalue weighted by Gasteiger charge is -2.36. The second-order valence-corrected chi connectivity index (χ2v) is 7.77. The van der Waals surface area contributed by atoms with Crippen LogP contribution in [0.4, 0.5) is 5.69 Å². The van der Waals surface area contributed by atoms with E-state index in [0.29, 0.717) is 41.8 Å². The molecule has 0 bridgehead atoms. The van der Waals surface area contributed by atoms with Crippen LogP contribution < -0.4 is 14.4 Å². The zero-order valence-electron chi connectivity index (χ0n) is 17.5. The van der Waals surface area contributed by atoms with Crippen molar-refractivity contribution in [2.45, 2.75) is 6.61 Å². The van der Waals surface area contributed by atoms with Gasteiger partial charge in [0.05, 0.1) is 7.11 Å². The number of benzene rings is 3. The molecule has 3 aromatic carbocycles. The first kappa shape index (κ1) is 21.1. The Bertz CT molecular complexity index is 1030. The summed E-state index contributed by atoms with van der Waals surface area (Å²) in [5.41, 5.74) is 2.68. The molecule has 0 spiro atoms. The number of nitrogens with zero attached hydrogens (tertiary/aromatic N) is 2. The molecule has 1 heterocycles. The molecule has 160 valence electrons. The Labute approximate surface area is 187 Å². The third kappa shape index (κ3) is 4.94. The number of ether oxygens (including phenoxy) is 2. The molecule has 5 nitrogen and oxygen atoms in total. The van der Waals surface area contributed by atoms with E-state index >= 15 is 0 Å². The van der Waals surface area contributed by atoms with Gasteiger partial charge in [-0.25, -0.2) is 0 Å². The SMILES string of the molecule is COc1cc(C(=O)N2CCN(c3ccccc3)CC2)ccc1OCc1ccccc1Cl. The molecule has 1 aliphatic heterocycles. The van der Waals surface area contributed by atoms with Crippen molar-refractivity contribution in [3.05, 3.63) is 88.9 Å². The molecule has 1 saturated heterocycles. The third-order valence-corrected chi connectivity index (χ3v) is 5.81. The Morgan fingerprint density at radius 2 is 1.61 bits per heavy atom. The second kappa shape index (κ2) is 9.75. The number of anilines is 1. The first-order chi connectivity index (χ1) is 15.2. The van der Waals surface area contributed by atoms with Crippen molar-refractivity contribution in [3.8, 4) is 11.5 Å². The number of para-hydroxylation sites is 1. The first-order valence-electron chi connectivity index (χ1n) is 10.3. The maximum Gasteiger partial charge on any atom is 0.254 e. The van der Waals surface area contributed by atoms with E-state index in [1.165, 1.54) is 5.69 Å². The molecule has 0 atom stereocenters. The van der Waals surface area contributed by atoms with Gasteiger partial charge in [0.25, 0.3) is 5.91 Å². The van der Waals surface area contributed by atoms with Gasteiger partial charge in [-0.05, 0) is 36.4 Å². The fraction of sp³-hybridized carbons (Fsp3) is 0.240. The van der Waals surface area contributed by atoms with Gasteiger partial charge >= 0.3 is 0 Å². The van der Waals surface area contributed by atoms with Gasteiger partial charge in [0.2, 0.25) is 0 Å². The predicted octanol–water partition coefficient (Wildman–Crippen LogP) is 4.89. The summed E-state index contributed by atoms with van der Waals surface area (Å²) < 4.78 is 11.4. The van der Waals surface area contributed by atoms with E-state index in [1.54, 1.807) is 25.3 Å². The Balaban J connectivity index is 1.40. The number of hydrogen-bond donors (Lipinski definition) is 0. The molecule has 6 heteroatoms. The highest BCUT2D eigenvalue weighted by Gasteiger charge is 2.23. The average molecular weight is 437 g/mol. The van der Waals surface area contributed by atoms with E-state index in [-0.39, 0.29) is 5.91 Å². The van der Waals surface area contributed by atoms with Crippen molar-refractivity contribution in [1.82, 2.24) is 4.90 Å². The minimum absolute atomic E-state index is 0.00339. The fourth-order valence-corrected chi connectivity index (χ4v) is 3.87. The molecule has 4 rings (SSSR count). The molecule has 0 unspecified atom stereocenters. The zero-order valence-corrected chi connectivity index (χ0v) is 18.2. The predicted molar refractivity (Wildman–Crippen MR) is 123 cm³/mol. The van der Waals surface area contributed by atoms with Crippen LogP contribution in [-0.4, -0.2) is 44.1 Å². The van der Waals surface area contributed by atoms with E-state index in [0.717, 1.165) is 18.7 Å². The van der Waals surface area contributed by atoms with Crippen LogP contribution in [0.3, 0.4) is 0 Å². The van der Waals surface area contributed by atoms with E-state index in [4.69, 9.17) is 21.1 Å². The first-order valence-corrected chi connectivity index (χ1v) is 10.7. The van der Waals surface area contributed by atoms with E-state index in [2.05, 4.69) is 17.0 Å². The van der Waals surface area contributed by atoms with Crippen LogP contribution in [0.25, 0.3) is 0 Å². The van der Waals surface area contributed by atoms with Crippen LogP contribution in [0.2, 0.25) is 5.02 Å². The minimum atomic E-state index is 0.00339. The standard InChI is InChI=1S/C25H25ClN2O3/c1-30-24-17-19(11-12-23(24)31-18-20-7-5-6-10-22(20)26)25(29)28-15-13-27(14-16-28)21-8-3-2-4-9-21/h2-12,17H,13-16,18H2,1H3. The summed E-state index contributed by atoms with van der Waals surface area (Å²) in [4.78, 5) is 17.2. The molecule has 31 heavy (non-hydrogen) atoms. The number of piperazine rings is 1. The smallest absolute Gasteiger partial charge is 0.254 e. The van der Waals surface area contributed by atoms with Crippen LogP contribution in [0, 0.1) is 0 Å². The number of hydrogen-bond acceptors (Lipinski definition) is 4. The van der Waals surface area contributed by atoms with Gasteiger partial charge in [-0.3, -0.25) is 4.79 Å². The normalized spacial score (nSPS) is 13.7. The highest BCUT2D eigenvalue weighted by atomic mass is 35.5. The van der Waals surface area contributed by atoms with Crippen molar-refractivity contribution in [3.63, 3.8) is 0 Å². The Kier molecular flexibility index (Phi) is 6.63. The topological polar surface area (TPSA) is 42.0 Å². The molecule has 0 aromatic heterocycles. The van der Waals surface area contributed by atoms with Crippen LogP contribution in [0.15, 0.2) is 72.8 Å². The molecule has 0 N–H and O–H groups in total. The maximum absolute atomic E-state index is 13.0. The third-order valence-electron chi connectivity index (χ3n) is 5.44. The van der Waals surface area contributed by atoms with Crippen LogP contribution in [0.5, 0.6) is 11.5 Å². The van der Waals surface area contributed by atoms with Gasteiger partial charge in [0, 0.05) is 48.0 Å². The Morgan fingerprint density at radius 3 is 2.32 bits per heavy atom. The Hall–Kier alpha value is -3.18. The summed E-state index contributed by atoms with van der Waals surface area (Å²) in [5, 5.41) is 0.655. The van der Waals surface area contributed by atoms with Crippen molar-refractivity contribution >= 4 is 23.2 Å². The quantitative estimate of drug-likeness (QED) is 0.551. The largest absolute Gasteiger partial charge is 0.493 e. The number of halogens is 1. The van der Waals surface area contributed by atoms with Crippen LogP contribution in [-0.2, 0) is 6.61 Å². The molecule has 0 radical (unpaired) electrons. The second-order valence-electron chi connectivity index (χ2n) is 7.36. The molecule has 1 fully saturated rings. The fourth-order valence-electron chi connectivity index (χ4n) is 3.68. The number of rotatable bonds is 6. The van der Waals surface area contributed by atoms with Gasteiger partial charge in [0.1, 0.15) is 6.61 Å². The van der Waals surface area contributed by atoms with Crippen molar-refractivity contribution in [2.24, 2.45) is 0 Å². The van der Waals surface area contributed by atoms with Crippen LogP contribution >= 0.6 is 11.6 Å². The monoisotopic (exact) mass is 436 g/mol. The molecular weight excluding hydrogens is 412 g/mol. The number of amides is 1. The molecule has 1 aliphatic rings. The van der Waals surface area contributed by atoms with E-state index < -0.39 is 0 Å². The highest BCUT2D eigenvalue weighted by Crippen LogP contribution is 2.30. The van der Waals surface area contributed by atoms with Crippen LogP contribution in [0.1, 0.15) is 15.9 Å². The summed E-state index contributed by atoms with van der Waals surface area (Å²) in [7, 11) is 1.57. The van der Waals surface area contributed by atoms with Gasteiger partial charge in [-0.1, -0.05) is 48.0 Å². The molecule has 1 amide bonds. The molecule has 0 aliphatic carbocycles. The molecule has 3 aromatic rings. The summed E-state index contributed by atoms with van der Waals surface area (Å²) in [6, 6.07) is 23.1. The van der Waals surface area contributed by atoms with Crippen molar-refractivity contribution < 1.29 is 14.3 Å². The summed E-state index contributed by atoms with van der Waals surface area (Å²) in [6.07, 6.45) is 0. The van der Waals surface area contributed by atoms with Crippen molar-refractivity contribution in [1.29, 1.82) is 0 Å². The lowest BCUT2D eigenvalue weighted by Crippen LogP contribution is -2.48. The van der Waals surface area contributed by atoms with Gasteiger partial charge in [-0.15, -0.1) is 0 Å². The average Bonchev–Trinajstić information content (AvgIpc) is 2.83. The van der Waals surface area contributed by atoms with E-state index in [1.807, 2.05) is 47.4 Å². The summed E-state index contributed by atoms with van der Waals surface area (Å²) >= 11 is 6.20. The van der Waals surface area contributed by atoms with Gasteiger partial charge in [-0.2, -0.15) is 0 Å². The number of carbonyl (C=O) groups excluding carboxylic acids is 1. The zero-order chi connectivity index (χ0) is 21.6. The maximum atomic E-state index is 13.0. The van der Waals surface area contributed by atoms with Crippen molar-refractivity contribution in [2.75, 3.05) is 38.2 Å². The minimum Gasteiger partial charge on any atom is -0.493 e. The molecular formula is C25H25ClN2O3. The number of carbonyl (C=O) groups is 1. The number of methoxy groups -OCH3 is 1. The van der Waals surface area contributed by atoms with Gasteiger partial charge < -0.3 is 19.3 Å². The summed E-state index contributed by atoms with van der Waals surface area (Å²) in [5.74, 6) is 1.11. The highest BCUT2D eigenvalue weighted by molar-refractivity contribution is 6.31. The summed E-state index contributed by atoms with van der Waals surface area (Å²) in [6.45, 7) is 3.31. The molecule has 0 saturated carbocycles. The lowest BCUT2D eigenvalue weighted by molar-refractivity contribution is 0.0746. The van der Waals surface area contributed by atoms with Gasteiger partial charge in [0.15, 0.2) is 11.5 Å². The Morgan fingerprint density at radius 1 is 0.903 bits per heavy atom. The lowest BCUT2D eigenvalue weighted by atomic mass is 10.1.